The second-order valence-corrected chi connectivity index (χ2v) is 9.50. The lowest BCUT2D eigenvalue weighted by Gasteiger charge is -2.16. The lowest BCUT2D eigenvalue weighted by atomic mass is 10.2. The fourth-order valence-corrected chi connectivity index (χ4v) is 5.61. The summed E-state index contributed by atoms with van der Waals surface area (Å²) in [4.78, 5) is 39.9. The maximum atomic E-state index is 13.0. The predicted octanol–water partition coefficient (Wildman–Crippen LogP) is 3.76. The molecule has 9 heteroatoms. The van der Waals surface area contributed by atoms with Crippen molar-refractivity contribution in [1.29, 1.82) is 0 Å². The van der Waals surface area contributed by atoms with Gasteiger partial charge in [0.25, 0.3) is 5.91 Å². The highest BCUT2D eigenvalue weighted by Crippen LogP contribution is 2.34. The van der Waals surface area contributed by atoms with Gasteiger partial charge in [0.2, 0.25) is 5.91 Å². The van der Waals surface area contributed by atoms with Crippen LogP contribution in [0, 0.1) is 6.92 Å². The molecular weight excluding hydrogens is 418 g/mol. The highest BCUT2D eigenvalue weighted by atomic mass is 32.1. The maximum Gasteiger partial charge on any atom is 0.264 e. The van der Waals surface area contributed by atoms with Gasteiger partial charge in [0, 0.05) is 38.0 Å². The average molecular weight is 444 g/mol. The molecule has 1 aliphatic heterocycles. The van der Waals surface area contributed by atoms with Crippen LogP contribution >= 0.6 is 22.7 Å². The summed E-state index contributed by atoms with van der Waals surface area (Å²) in [5, 5.41) is 6.31. The Balaban J connectivity index is 1.45. The number of aryl methyl sites for hydroxylation is 1. The summed E-state index contributed by atoms with van der Waals surface area (Å²) in [6.45, 7) is 4.90. The number of likely N-dealkylation sites (tertiary alicyclic amines) is 1. The number of amides is 2. The minimum atomic E-state index is 0.00222. The number of nitrogens with zero attached hydrogens (tertiary/aromatic N) is 4. The van der Waals surface area contributed by atoms with E-state index < -0.39 is 0 Å². The second kappa shape index (κ2) is 9.09. The lowest BCUT2D eigenvalue weighted by molar-refractivity contribution is -0.127. The average Bonchev–Trinajstić information content (AvgIpc) is 3.46. The highest BCUT2D eigenvalue weighted by Gasteiger charge is 2.22. The van der Waals surface area contributed by atoms with E-state index in [1.807, 2.05) is 36.4 Å². The molecule has 0 radical (unpaired) electrons. The van der Waals surface area contributed by atoms with Gasteiger partial charge in [0.1, 0.15) is 17.0 Å². The van der Waals surface area contributed by atoms with E-state index in [2.05, 4.69) is 15.3 Å². The molecule has 0 atom stereocenters. The first-order valence-electron chi connectivity index (χ1n) is 10.1. The molecule has 158 valence electrons. The number of hydrogen-bond acceptors (Lipinski definition) is 7. The van der Waals surface area contributed by atoms with Crippen LogP contribution in [0.25, 0.3) is 10.2 Å². The zero-order chi connectivity index (χ0) is 21.1. The van der Waals surface area contributed by atoms with Gasteiger partial charge in [-0.05, 0) is 36.8 Å². The summed E-state index contributed by atoms with van der Waals surface area (Å²) >= 11 is 3.06. The molecule has 3 aromatic rings. The van der Waals surface area contributed by atoms with Crippen LogP contribution in [0.5, 0.6) is 0 Å². The van der Waals surface area contributed by atoms with Crippen molar-refractivity contribution >= 4 is 50.5 Å². The van der Waals surface area contributed by atoms with Gasteiger partial charge >= 0.3 is 0 Å². The number of hydrogen-bond donors (Lipinski definition) is 1. The minimum absolute atomic E-state index is 0.00222. The van der Waals surface area contributed by atoms with Gasteiger partial charge in [-0.3, -0.25) is 9.59 Å². The van der Waals surface area contributed by atoms with Crippen molar-refractivity contribution < 1.29 is 9.59 Å². The zero-order valence-corrected chi connectivity index (χ0v) is 18.8. The normalized spacial score (nSPS) is 13.9. The number of aromatic nitrogens is 2. The summed E-state index contributed by atoms with van der Waals surface area (Å²) in [6, 6.07) is 4.03. The van der Waals surface area contributed by atoms with E-state index in [1.165, 1.54) is 17.7 Å². The van der Waals surface area contributed by atoms with Crippen LogP contribution in [0.4, 0.5) is 5.82 Å². The molecule has 1 N–H and O–H groups in total. The van der Waals surface area contributed by atoms with E-state index in [1.54, 1.807) is 16.2 Å². The van der Waals surface area contributed by atoms with Crippen molar-refractivity contribution in [1.82, 2.24) is 19.8 Å². The third-order valence-corrected chi connectivity index (χ3v) is 7.36. The first kappa shape index (κ1) is 20.7. The van der Waals surface area contributed by atoms with Gasteiger partial charge < -0.3 is 15.1 Å². The Morgan fingerprint density at radius 2 is 2.23 bits per heavy atom. The number of anilines is 1. The zero-order valence-electron chi connectivity index (χ0n) is 17.2. The first-order valence-corrected chi connectivity index (χ1v) is 11.8. The molecule has 30 heavy (non-hydrogen) atoms. The fourth-order valence-electron chi connectivity index (χ4n) is 3.71. The summed E-state index contributed by atoms with van der Waals surface area (Å²) in [5.41, 5.74) is 0.913. The Kier molecular flexibility index (Phi) is 6.29. The molecule has 2 amide bonds. The van der Waals surface area contributed by atoms with Crippen LogP contribution < -0.4 is 5.32 Å². The predicted molar refractivity (Wildman–Crippen MR) is 121 cm³/mol. The summed E-state index contributed by atoms with van der Waals surface area (Å²) in [6.07, 6.45) is 4.03. The molecule has 4 rings (SSSR count). The van der Waals surface area contributed by atoms with Crippen molar-refractivity contribution in [3.05, 3.63) is 39.2 Å². The van der Waals surface area contributed by atoms with Gasteiger partial charge in [-0.2, -0.15) is 0 Å². The van der Waals surface area contributed by atoms with Crippen LogP contribution in [0.15, 0.2) is 23.8 Å². The van der Waals surface area contributed by atoms with Crippen LogP contribution in [-0.2, 0) is 11.3 Å². The summed E-state index contributed by atoms with van der Waals surface area (Å²) < 4.78 is 0. The molecule has 4 heterocycles. The molecule has 1 fully saturated rings. The molecule has 0 unspecified atom stereocenters. The Labute approximate surface area is 183 Å². The van der Waals surface area contributed by atoms with E-state index in [0.29, 0.717) is 24.4 Å². The van der Waals surface area contributed by atoms with Crippen LogP contribution in [0.3, 0.4) is 0 Å². The SMILES string of the molecule is Cc1c(C(=O)N(C)Cc2cccs2)sc2ncnc(NCCCN3CCCC3=O)c12. The van der Waals surface area contributed by atoms with Crippen LogP contribution in [0.2, 0.25) is 0 Å². The Hall–Kier alpha value is -2.52. The molecule has 0 spiro atoms. The molecule has 1 aliphatic rings. The molecule has 0 aromatic carbocycles. The third kappa shape index (κ3) is 4.32. The van der Waals surface area contributed by atoms with Crippen molar-refractivity contribution in [2.24, 2.45) is 0 Å². The van der Waals surface area contributed by atoms with Crippen molar-refractivity contribution in [2.75, 3.05) is 32.0 Å². The number of thiophene rings is 2. The third-order valence-electron chi connectivity index (χ3n) is 5.31. The second-order valence-electron chi connectivity index (χ2n) is 7.46. The molecular formula is C21H25N5O2S2. The Morgan fingerprint density at radius 3 is 2.97 bits per heavy atom. The fraction of sp³-hybridized carbons (Fsp3) is 0.429. The number of rotatable bonds is 8. The molecule has 0 bridgehead atoms. The van der Waals surface area contributed by atoms with Crippen molar-refractivity contribution in [2.45, 2.75) is 32.7 Å². The van der Waals surface area contributed by atoms with Gasteiger partial charge in [-0.1, -0.05) is 6.07 Å². The van der Waals surface area contributed by atoms with E-state index in [0.717, 1.165) is 52.4 Å². The minimum Gasteiger partial charge on any atom is -0.369 e. The van der Waals surface area contributed by atoms with E-state index in [-0.39, 0.29) is 11.8 Å². The topological polar surface area (TPSA) is 78.4 Å². The monoisotopic (exact) mass is 443 g/mol. The smallest absolute Gasteiger partial charge is 0.264 e. The van der Waals surface area contributed by atoms with Crippen molar-refractivity contribution in [3.63, 3.8) is 0 Å². The first-order chi connectivity index (χ1) is 14.5. The number of nitrogens with one attached hydrogen (secondary N) is 1. The molecule has 1 saturated heterocycles. The number of carbonyl (C=O) groups excluding carboxylic acids is 2. The largest absolute Gasteiger partial charge is 0.369 e. The Bertz CT molecular complexity index is 1050. The lowest BCUT2D eigenvalue weighted by Crippen LogP contribution is -2.27. The molecule has 0 aliphatic carbocycles. The molecule has 0 saturated carbocycles. The van der Waals surface area contributed by atoms with Gasteiger partial charge in [0.15, 0.2) is 0 Å². The van der Waals surface area contributed by atoms with E-state index in [4.69, 9.17) is 0 Å². The quantitative estimate of drug-likeness (QED) is 0.537. The van der Waals surface area contributed by atoms with E-state index >= 15 is 0 Å². The maximum absolute atomic E-state index is 13.0. The molecule has 7 nitrogen and oxygen atoms in total. The van der Waals surface area contributed by atoms with Gasteiger partial charge in [0.05, 0.1) is 16.8 Å². The van der Waals surface area contributed by atoms with E-state index in [9.17, 15) is 9.59 Å². The Morgan fingerprint density at radius 1 is 1.37 bits per heavy atom. The van der Waals surface area contributed by atoms with Gasteiger partial charge in [-0.15, -0.1) is 22.7 Å². The van der Waals surface area contributed by atoms with Crippen LogP contribution in [-0.4, -0.2) is 58.3 Å². The highest BCUT2D eigenvalue weighted by molar-refractivity contribution is 7.20. The number of carbonyl (C=O) groups is 2. The van der Waals surface area contributed by atoms with Crippen molar-refractivity contribution in [3.8, 4) is 0 Å². The standard InChI is InChI=1S/C21H25N5O2S2/c1-14-17-19(22-8-5-10-26-9-3-7-16(26)27)23-13-24-20(17)30-18(14)21(28)25(2)12-15-6-4-11-29-15/h4,6,11,13H,3,5,7-10,12H2,1-2H3,(H,22,23,24). The molecule has 3 aromatic heterocycles. The summed E-state index contributed by atoms with van der Waals surface area (Å²) in [5.74, 6) is 1.01. The van der Waals surface area contributed by atoms with Crippen LogP contribution in [0.1, 0.15) is 39.4 Å². The number of fused-ring (bicyclic) bond motifs is 1. The summed E-state index contributed by atoms with van der Waals surface area (Å²) in [7, 11) is 1.83. The van der Waals surface area contributed by atoms with Gasteiger partial charge in [-0.25, -0.2) is 9.97 Å².